The predicted octanol–water partition coefficient (Wildman–Crippen LogP) is 1.29. The maximum atomic E-state index is 5.69. The minimum absolute atomic E-state index is 0. The van der Waals surface area contributed by atoms with Crippen molar-refractivity contribution in [2.45, 2.75) is 32.3 Å². The number of hydrogen-bond acceptors (Lipinski definition) is 2. The summed E-state index contributed by atoms with van der Waals surface area (Å²) in [5, 5.41) is 0. The molecule has 4 atom stereocenters. The molecule has 1 fully saturated rings. The molecule has 0 bridgehead atoms. The third-order valence-electron chi connectivity index (χ3n) is 3.11. The van der Waals surface area contributed by atoms with Crippen LogP contribution in [0.2, 0.25) is 0 Å². The van der Waals surface area contributed by atoms with Crippen LogP contribution in [0.3, 0.4) is 0 Å². The Labute approximate surface area is 108 Å². The predicted molar refractivity (Wildman–Crippen MR) is 56.6 cm³/mol. The second kappa shape index (κ2) is 5.77. The van der Waals surface area contributed by atoms with Crippen molar-refractivity contribution in [2.24, 2.45) is 5.92 Å². The summed E-state index contributed by atoms with van der Waals surface area (Å²) in [6, 6.07) is 0.490. The van der Waals surface area contributed by atoms with Crippen LogP contribution in [-0.2, 0) is 30.5 Å². The van der Waals surface area contributed by atoms with E-state index in [4.69, 9.17) is 9.47 Å². The monoisotopic (exact) mass is 299 g/mol. The Balaban J connectivity index is 0.00000196. The summed E-state index contributed by atoms with van der Waals surface area (Å²) in [6.45, 7) is 4.35. The average Bonchev–Trinajstić information content (AvgIpc) is 2.07. The first-order chi connectivity index (χ1) is 6.36. The Hall–Kier alpha value is 0.568. The molecule has 0 saturated carbocycles. The van der Waals surface area contributed by atoms with Crippen LogP contribution in [0.1, 0.15) is 13.8 Å². The van der Waals surface area contributed by atoms with Crippen LogP contribution in [-0.4, -0.2) is 51.2 Å². The van der Waals surface area contributed by atoms with Crippen LogP contribution in [0.25, 0.3) is 0 Å². The summed E-state index contributed by atoms with van der Waals surface area (Å²) >= 11 is 0. The zero-order valence-electron chi connectivity index (χ0n) is 10.6. The maximum absolute atomic E-state index is 5.69. The van der Waals surface area contributed by atoms with E-state index in [-0.39, 0.29) is 33.5 Å². The van der Waals surface area contributed by atoms with Crippen molar-refractivity contribution in [3.05, 3.63) is 6.42 Å². The zero-order valence-corrected chi connectivity index (χ0v) is 12.6. The number of hydrogen-bond donors (Lipinski definition) is 0. The van der Waals surface area contributed by atoms with Crippen molar-refractivity contribution in [1.29, 1.82) is 0 Å². The largest absolute Gasteiger partial charge is 0.387 e. The maximum Gasteiger partial charge on any atom is 0.0659 e. The molecule has 0 amide bonds. The molecule has 3 unspecified atom stereocenters. The van der Waals surface area contributed by atoms with Gasteiger partial charge in [0.15, 0.2) is 0 Å². The van der Waals surface area contributed by atoms with E-state index in [0.29, 0.717) is 12.0 Å². The molecule has 1 saturated heterocycles. The standard InChI is InChI=1S/C11H23NO2.Mo/c1-8-9(2)14-11(13-6)7-10(8)12(3,4)5;/h7-11H,1-6H3;/t8-,9?,10?,11?;/m1./s1. The van der Waals surface area contributed by atoms with E-state index in [1.165, 1.54) is 0 Å². The van der Waals surface area contributed by atoms with Crippen LogP contribution in [0.15, 0.2) is 0 Å². The molecular weight excluding hydrogens is 274 g/mol. The molecule has 0 radical (unpaired) electrons. The molecule has 0 aromatic heterocycles. The van der Waals surface area contributed by atoms with Crippen LogP contribution in [0, 0.1) is 12.3 Å². The molecule has 0 aromatic rings. The number of rotatable bonds is 2. The van der Waals surface area contributed by atoms with Gasteiger partial charge in [-0.05, 0) is 13.0 Å². The molecule has 1 heterocycles. The second-order valence-electron chi connectivity index (χ2n) is 5.10. The number of methoxy groups -OCH3 is 1. The SMILES string of the molecule is COC1[CH-]C([N+](C)(C)C)[C@H](C)C(C)O1.[Mo]. The van der Waals surface area contributed by atoms with Gasteiger partial charge in [-0.25, -0.2) is 6.42 Å². The van der Waals surface area contributed by atoms with Gasteiger partial charge < -0.3 is 14.0 Å². The van der Waals surface area contributed by atoms with E-state index < -0.39 is 0 Å². The molecule has 0 N–H and O–H groups in total. The van der Waals surface area contributed by atoms with Gasteiger partial charge in [-0.15, -0.1) is 0 Å². The van der Waals surface area contributed by atoms with Crippen LogP contribution < -0.4 is 0 Å². The summed E-state index contributed by atoms with van der Waals surface area (Å²) in [7, 11) is 8.32. The van der Waals surface area contributed by atoms with Crippen molar-refractivity contribution < 1.29 is 35.0 Å². The van der Waals surface area contributed by atoms with E-state index >= 15 is 0 Å². The van der Waals surface area contributed by atoms with Gasteiger partial charge in [-0.3, -0.25) is 0 Å². The third kappa shape index (κ3) is 3.81. The molecule has 15 heavy (non-hydrogen) atoms. The van der Waals surface area contributed by atoms with E-state index in [1.54, 1.807) is 7.11 Å². The molecule has 0 aromatic carbocycles. The summed E-state index contributed by atoms with van der Waals surface area (Å²) in [5.41, 5.74) is 0. The van der Waals surface area contributed by atoms with Crippen molar-refractivity contribution in [1.82, 2.24) is 0 Å². The Morgan fingerprint density at radius 3 is 2.13 bits per heavy atom. The molecule has 4 heteroatoms. The van der Waals surface area contributed by atoms with Gasteiger partial charge in [0.1, 0.15) is 0 Å². The zero-order chi connectivity index (χ0) is 10.9. The van der Waals surface area contributed by atoms with E-state index in [0.717, 1.165) is 4.48 Å². The van der Waals surface area contributed by atoms with Crippen molar-refractivity contribution in [3.8, 4) is 0 Å². The fraction of sp³-hybridized carbons (Fsp3) is 0.909. The summed E-state index contributed by atoms with van der Waals surface area (Å²) in [4.78, 5) is 0. The van der Waals surface area contributed by atoms with Gasteiger partial charge in [0.25, 0.3) is 0 Å². The Kier molecular flexibility index (Phi) is 5.98. The van der Waals surface area contributed by atoms with E-state index in [2.05, 4.69) is 41.4 Å². The summed E-state index contributed by atoms with van der Waals surface area (Å²) < 4.78 is 11.9. The first kappa shape index (κ1) is 15.6. The van der Waals surface area contributed by atoms with Gasteiger partial charge in [-0.2, -0.15) is 0 Å². The molecule has 90 valence electrons. The van der Waals surface area contributed by atoms with Crippen LogP contribution >= 0.6 is 0 Å². The minimum atomic E-state index is -0.149. The van der Waals surface area contributed by atoms with Gasteiger partial charge >= 0.3 is 0 Å². The molecule has 0 aliphatic carbocycles. The van der Waals surface area contributed by atoms with Crippen molar-refractivity contribution in [3.63, 3.8) is 0 Å². The van der Waals surface area contributed by atoms with Crippen molar-refractivity contribution in [2.75, 3.05) is 28.3 Å². The minimum Gasteiger partial charge on any atom is -0.387 e. The molecule has 0 spiro atoms. The third-order valence-corrected chi connectivity index (χ3v) is 3.11. The quantitative estimate of drug-likeness (QED) is 0.434. The number of quaternary nitrogens is 1. The first-order valence-electron chi connectivity index (χ1n) is 5.20. The van der Waals surface area contributed by atoms with E-state index in [9.17, 15) is 0 Å². The van der Waals surface area contributed by atoms with E-state index in [1.807, 2.05) is 0 Å². The fourth-order valence-corrected chi connectivity index (χ4v) is 2.09. The van der Waals surface area contributed by atoms with Gasteiger partial charge in [0.05, 0.1) is 27.2 Å². The summed E-state index contributed by atoms with van der Waals surface area (Å²) in [6.07, 6.45) is 2.28. The van der Waals surface area contributed by atoms with Crippen molar-refractivity contribution >= 4 is 0 Å². The first-order valence-corrected chi connectivity index (χ1v) is 5.20. The molecule has 3 nitrogen and oxygen atoms in total. The van der Waals surface area contributed by atoms with Crippen LogP contribution in [0.5, 0.6) is 0 Å². The smallest absolute Gasteiger partial charge is 0.0659 e. The molecular formula is C11H23MoNO2. The molecule has 1 aliphatic heterocycles. The molecule has 1 rings (SSSR count). The number of ether oxygens (including phenoxy) is 2. The normalized spacial score (nSPS) is 37.2. The molecule has 1 aliphatic rings. The number of nitrogens with zero attached hydrogens (tertiary/aromatic N) is 1. The Morgan fingerprint density at radius 2 is 1.73 bits per heavy atom. The fourth-order valence-electron chi connectivity index (χ4n) is 2.09. The van der Waals surface area contributed by atoms with Crippen LogP contribution in [0.4, 0.5) is 0 Å². The summed E-state index contributed by atoms with van der Waals surface area (Å²) in [5.74, 6) is 0.529. The Morgan fingerprint density at radius 1 is 1.20 bits per heavy atom. The van der Waals surface area contributed by atoms with Gasteiger partial charge in [0.2, 0.25) is 0 Å². The average molecular weight is 297 g/mol. The Bertz CT molecular complexity index is 194. The van der Waals surface area contributed by atoms with Gasteiger partial charge in [0, 0.05) is 40.4 Å². The van der Waals surface area contributed by atoms with Gasteiger partial charge in [-0.1, -0.05) is 6.92 Å². The topological polar surface area (TPSA) is 18.5 Å². The second-order valence-corrected chi connectivity index (χ2v) is 5.10.